The van der Waals surface area contributed by atoms with E-state index < -0.39 is 36.2 Å². The van der Waals surface area contributed by atoms with Crippen LogP contribution in [0.4, 0.5) is 22.4 Å². The molecule has 0 fully saturated rings. The van der Waals surface area contributed by atoms with E-state index in [-0.39, 0.29) is 27.5 Å². The number of nitrogens with zero attached hydrogens (tertiary/aromatic N) is 1. The summed E-state index contributed by atoms with van der Waals surface area (Å²) in [5.74, 6) is -0.840. The standard InChI is InChI=1S/C19H22F4N2O4/c1-18(2,3)29-17(27)24-13(15(26)28-4)9-11-10-25(19(22,23)16(20)21)14-8-6-5-7-12(11)14/h5-8,10,13,16H,9H2,1-4H3,(H,24,27)/t13-/m0/s1. The summed E-state index contributed by atoms with van der Waals surface area (Å²) in [5, 5.41) is 2.57. The molecule has 1 heterocycles. The summed E-state index contributed by atoms with van der Waals surface area (Å²) in [6.07, 6.45) is -4.25. The van der Waals surface area contributed by atoms with Crippen molar-refractivity contribution in [3.8, 4) is 0 Å². The van der Waals surface area contributed by atoms with Crippen LogP contribution in [0.3, 0.4) is 0 Å². The van der Waals surface area contributed by atoms with Crippen LogP contribution in [0.2, 0.25) is 0 Å². The van der Waals surface area contributed by atoms with E-state index in [2.05, 4.69) is 10.1 Å². The predicted octanol–water partition coefficient (Wildman–Crippen LogP) is 4.06. The number of ether oxygens (including phenoxy) is 2. The molecule has 0 aliphatic rings. The SMILES string of the molecule is COC(=O)[C@H](Cc1cn(C(F)(F)C(F)F)c2ccccc12)NC(=O)OC(C)(C)C. The van der Waals surface area contributed by atoms with Gasteiger partial charge in [0.15, 0.2) is 0 Å². The molecule has 0 aliphatic carbocycles. The van der Waals surface area contributed by atoms with Gasteiger partial charge in [0.2, 0.25) is 0 Å². The number of hydrogen-bond donors (Lipinski definition) is 1. The molecule has 29 heavy (non-hydrogen) atoms. The van der Waals surface area contributed by atoms with E-state index in [0.29, 0.717) is 0 Å². The van der Waals surface area contributed by atoms with Gasteiger partial charge in [-0.3, -0.25) is 4.57 Å². The van der Waals surface area contributed by atoms with Crippen molar-refractivity contribution in [3.05, 3.63) is 36.0 Å². The molecule has 6 nitrogen and oxygen atoms in total. The van der Waals surface area contributed by atoms with Gasteiger partial charge in [-0.1, -0.05) is 18.2 Å². The molecule has 1 amide bonds. The van der Waals surface area contributed by atoms with Crippen LogP contribution in [-0.2, 0) is 26.7 Å². The van der Waals surface area contributed by atoms with Crippen molar-refractivity contribution in [3.63, 3.8) is 0 Å². The molecule has 160 valence electrons. The van der Waals surface area contributed by atoms with Gasteiger partial charge in [-0.25, -0.2) is 18.4 Å². The number of nitrogens with one attached hydrogen (secondary N) is 1. The quantitative estimate of drug-likeness (QED) is 0.567. The molecule has 0 aliphatic heterocycles. The first-order chi connectivity index (χ1) is 13.4. The Hall–Kier alpha value is -2.78. The molecular formula is C19H22F4N2O4. The molecule has 0 radical (unpaired) electrons. The van der Waals surface area contributed by atoms with Gasteiger partial charge >= 0.3 is 24.5 Å². The molecule has 0 unspecified atom stereocenters. The highest BCUT2D eigenvalue weighted by molar-refractivity contribution is 5.86. The number of aromatic nitrogens is 1. The lowest BCUT2D eigenvalue weighted by Gasteiger charge is -2.22. The minimum Gasteiger partial charge on any atom is -0.467 e. The smallest absolute Gasteiger partial charge is 0.408 e. The van der Waals surface area contributed by atoms with E-state index in [0.717, 1.165) is 13.3 Å². The maximum atomic E-state index is 14.0. The third kappa shape index (κ3) is 5.18. The minimum atomic E-state index is -4.45. The topological polar surface area (TPSA) is 69.6 Å². The number of esters is 1. The number of para-hydroxylation sites is 1. The number of carbonyl (C=O) groups is 2. The summed E-state index contributed by atoms with van der Waals surface area (Å²) >= 11 is 0. The van der Waals surface area contributed by atoms with E-state index in [1.54, 1.807) is 26.8 Å². The highest BCUT2D eigenvalue weighted by atomic mass is 19.3. The second-order valence-corrected chi connectivity index (χ2v) is 7.36. The molecule has 0 spiro atoms. The van der Waals surface area contributed by atoms with Gasteiger partial charge in [-0.15, -0.1) is 0 Å². The first-order valence-corrected chi connectivity index (χ1v) is 8.69. The van der Waals surface area contributed by atoms with Gasteiger partial charge in [-0.2, -0.15) is 8.78 Å². The summed E-state index contributed by atoms with van der Waals surface area (Å²) in [4.78, 5) is 24.1. The van der Waals surface area contributed by atoms with Crippen molar-refractivity contribution >= 4 is 23.0 Å². The zero-order valence-electron chi connectivity index (χ0n) is 16.3. The number of amides is 1. The van der Waals surface area contributed by atoms with Gasteiger partial charge in [0.05, 0.1) is 12.6 Å². The molecule has 10 heteroatoms. The van der Waals surface area contributed by atoms with E-state index >= 15 is 0 Å². The van der Waals surface area contributed by atoms with Gasteiger partial charge in [0, 0.05) is 18.0 Å². The van der Waals surface area contributed by atoms with Crippen molar-refractivity contribution in [2.45, 2.75) is 51.3 Å². The lowest BCUT2D eigenvalue weighted by Crippen LogP contribution is -2.45. The number of benzene rings is 1. The maximum absolute atomic E-state index is 14.0. The fourth-order valence-corrected chi connectivity index (χ4v) is 2.77. The lowest BCUT2D eigenvalue weighted by atomic mass is 10.1. The van der Waals surface area contributed by atoms with Crippen LogP contribution in [-0.4, -0.2) is 41.8 Å². The maximum Gasteiger partial charge on any atom is 0.408 e. The first-order valence-electron chi connectivity index (χ1n) is 8.69. The molecule has 1 atom stereocenters. The predicted molar refractivity (Wildman–Crippen MR) is 97.0 cm³/mol. The highest BCUT2D eigenvalue weighted by Crippen LogP contribution is 2.35. The molecular weight excluding hydrogens is 396 g/mol. The third-order valence-electron chi connectivity index (χ3n) is 3.98. The summed E-state index contributed by atoms with van der Waals surface area (Å²) < 4.78 is 63.7. The van der Waals surface area contributed by atoms with Gasteiger partial charge in [0.1, 0.15) is 11.6 Å². The molecule has 0 saturated heterocycles. The van der Waals surface area contributed by atoms with Crippen LogP contribution >= 0.6 is 0 Å². The van der Waals surface area contributed by atoms with E-state index in [4.69, 9.17) is 4.74 Å². The monoisotopic (exact) mass is 418 g/mol. The fourth-order valence-electron chi connectivity index (χ4n) is 2.77. The van der Waals surface area contributed by atoms with Crippen LogP contribution in [0.5, 0.6) is 0 Å². The Kier molecular flexibility index (Phi) is 6.44. The van der Waals surface area contributed by atoms with Crippen molar-refractivity contribution in [1.82, 2.24) is 9.88 Å². The van der Waals surface area contributed by atoms with Crippen molar-refractivity contribution in [2.75, 3.05) is 7.11 Å². The Morgan fingerprint density at radius 3 is 2.34 bits per heavy atom. The van der Waals surface area contributed by atoms with Crippen molar-refractivity contribution < 1.29 is 36.6 Å². The van der Waals surface area contributed by atoms with Gasteiger partial charge in [-0.05, 0) is 32.4 Å². The largest absolute Gasteiger partial charge is 0.467 e. The molecule has 2 rings (SSSR count). The lowest BCUT2D eigenvalue weighted by molar-refractivity contribution is -0.186. The van der Waals surface area contributed by atoms with Crippen molar-refractivity contribution in [2.24, 2.45) is 0 Å². The number of fused-ring (bicyclic) bond motifs is 1. The number of alkyl halides is 4. The number of hydrogen-bond acceptors (Lipinski definition) is 4. The summed E-state index contributed by atoms with van der Waals surface area (Å²) in [5.41, 5.74) is -0.804. The highest BCUT2D eigenvalue weighted by Gasteiger charge is 2.44. The molecule has 1 aromatic carbocycles. The van der Waals surface area contributed by atoms with Crippen LogP contribution < -0.4 is 5.32 Å². The second-order valence-electron chi connectivity index (χ2n) is 7.36. The molecule has 0 saturated carbocycles. The molecule has 2 aromatic rings. The zero-order valence-corrected chi connectivity index (χ0v) is 16.3. The van der Waals surface area contributed by atoms with Crippen LogP contribution in [0.15, 0.2) is 30.5 Å². The Morgan fingerprint density at radius 1 is 1.17 bits per heavy atom. The Balaban J connectivity index is 2.41. The van der Waals surface area contributed by atoms with Crippen LogP contribution in [0.1, 0.15) is 26.3 Å². The first kappa shape index (κ1) is 22.5. The summed E-state index contributed by atoms with van der Waals surface area (Å²) in [6.45, 7) is 4.87. The Bertz CT molecular complexity index is 890. The number of methoxy groups -OCH3 is 1. The second kappa shape index (κ2) is 8.30. The van der Waals surface area contributed by atoms with Crippen molar-refractivity contribution in [1.29, 1.82) is 0 Å². The number of alkyl carbamates (subject to hydrolysis) is 1. The fraction of sp³-hybridized carbons (Fsp3) is 0.474. The van der Waals surface area contributed by atoms with Crippen LogP contribution in [0, 0.1) is 0 Å². The Morgan fingerprint density at radius 2 is 1.79 bits per heavy atom. The molecule has 0 bridgehead atoms. The molecule has 1 aromatic heterocycles. The number of halogens is 4. The van der Waals surface area contributed by atoms with E-state index in [9.17, 15) is 27.2 Å². The minimum absolute atomic E-state index is 0.131. The molecule has 1 N–H and O–H groups in total. The van der Waals surface area contributed by atoms with E-state index in [1.165, 1.54) is 18.2 Å². The average Bonchev–Trinajstić information content (AvgIpc) is 2.98. The van der Waals surface area contributed by atoms with Gasteiger partial charge < -0.3 is 14.8 Å². The van der Waals surface area contributed by atoms with Crippen LogP contribution in [0.25, 0.3) is 10.9 Å². The average molecular weight is 418 g/mol. The number of carbonyl (C=O) groups excluding carboxylic acids is 2. The normalized spacial score (nSPS) is 13.4. The number of rotatable bonds is 6. The van der Waals surface area contributed by atoms with Gasteiger partial charge in [0.25, 0.3) is 0 Å². The Labute approximate surface area is 164 Å². The summed E-state index contributed by atoms with van der Waals surface area (Å²) in [7, 11) is 1.10. The zero-order chi connectivity index (χ0) is 22.0. The van der Waals surface area contributed by atoms with E-state index in [1.807, 2.05) is 0 Å². The third-order valence-corrected chi connectivity index (χ3v) is 3.98. The summed E-state index contributed by atoms with van der Waals surface area (Å²) in [6, 6.07) is -0.00794.